The van der Waals surface area contributed by atoms with Gasteiger partial charge in [0, 0.05) is 25.7 Å². The second kappa shape index (κ2) is 8.14. The number of carbonyl (C=O) groups is 1. The Labute approximate surface area is 128 Å². The Morgan fingerprint density at radius 2 is 2.10 bits per heavy atom. The SMILES string of the molecule is CC1CNCCN1C(=O)Cc1ccc(OC(F)F)cc1.Cl. The molecule has 0 spiro atoms. The van der Waals surface area contributed by atoms with Crippen molar-refractivity contribution in [1.82, 2.24) is 10.2 Å². The van der Waals surface area contributed by atoms with E-state index < -0.39 is 6.61 Å². The molecule has 1 saturated heterocycles. The van der Waals surface area contributed by atoms with Gasteiger partial charge in [-0.25, -0.2) is 0 Å². The third kappa shape index (κ3) is 5.13. The Kier molecular flexibility index (Phi) is 6.84. The fraction of sp³-hybridized carbons (Fsp3) is 0.500. The van der Waals surface area contributed by atoms with E-state index in [0.29, 0.717) is 6.54 Å². The molecule has 1 heterocycles. The number of halogens is 3. The first kappa shape index (κ1) is 17.7. The zero-order valence-corrected chi connectivity index (χ0v) is 12.5. The van der Waals surface area contributed by atoms with Gasteiger partial charge in [0.05, 0.1) is 6.42 Å². The number of piperazine rings is 1. The Hall–Kier alpha value is -1.40. The lowest BCUT2D eigenvalue weighted by molar-refractivity contribution is -0.133. The van der Waals surface area contributed by atoms with Gasteiger partial charge in [-0.05, 0) is 24.6 Å². The van der Waals surface area contributed by atoms with Gasteiger partial charge < -0.3 is 15.0 Å². The molecule has 1 unspecified atom stereocenters. The van der Waals surface area contributed by atoms with E-state index in [1.807, 2.05) is 11.8 Å². The third-order valence-electron chi connectivity index (χ3n) is 3.33. The highest BCUT2D eigenvalue weighted by Crippen LogP contribution is 2.16. The molecule has 1 aromatic rings. The zero-order valence-electron chi connectivity index (χ0n) is 11.7. The van der Waals surface area contributed by atoms with E-state index in [1.54, 1.807) is 12.1 Å². The molecule has 1 N–H and O–H groups in total. The summed E-state index contributed by atoms with van der Waals surface area (Å²) >= 11 is 0. The van der Waals surface area contributed by atoms with Crippen LogP contribution in [-0.4, -0.2) is 43.1 Å². The molecule has 21 heavy (non-hydrogen) atoms. The minimum atomic E-state index is -2.83. The van der Waals surface area contributed by atoms with E-state index in [0.717, 1.165) is 18.7 Å². The van der Waals surface area contributed by atoms with E-state index >= 15 is 0 Å². The van der Waals surface area contributed by atoms with Crippen molar-refractivity contribution in [2.24, 2.45) is 0 Å². The summed E-state index contributed by atoms with van der Waals surface area (Å²) in [5, 5.41) is 3.23. The number of ether oxygens (including phenoxy) is 1. The van der Waals surface area contributed by atoms with Gasteiger partial charge in [0.1, 0.15) is 5.75 Å². The molecule has 1 atom stereocenters. The summed E-state index contributed by atoms with van der Waals surface area (Å²) in [7, 11) is 0. The number of hydrogen-bond acceptors (Lipinski definition) is 3. The van der Waals surface area contributed by atoms with Gasteiger partial charge in [-0.15, -0.1) is 12.4 Å². The van der Waals surface area contributed by atoms with Gasteiger partial charge in [0.25, 0.3) is 0 Å². The maximum atomic E-state index is 12.2. The standard InChI is InChI=1S/C14H18F2N2O2.ClH/c1-10-9-17-6-7-18(10)13(19)8-11-2-4-12(5-3-11)20-14(15)16;/h2-5,10,14,17H,6-9H2,1H3;1H. The van der Waals surface area contributed by atoms with Crippen LogP contribution in [0.1, 0.15) is 12.5 Å². The van der Waals surface area contributed by atoms with Crippen LogP contribution in [0.15, 0.2) is 24.3 Å². The second-order valence-electron chi connectivity index (χ2n) is 4.84. The van der Waals surface area contributed by atoms with Crippen LogP contribution >= 0.6 is 12.4 Å². The molecule has 0 bridgehead atoms. The largest absolute Gasteiger partial charge is 0.435 e. The average molecular weight is 321 g/mol. The minimum absolute atomic E-state index is 0. The maximum absolute atomic E-state index is 12.2. The maximum Gasteiger partial charge on any atom is 0.387 e. The molecule has 1 aromatic carbocycles. The third-order valence-corrected chi connectivity index (χ3v) is 3.33. The Bertz CT molecular complexity index is 457. The van der Waals surface area contributed by atoms with Crippen LogP contribution < -0.4 is 10.1 Å². The van der Waals surface area contributed by atoms with Gasteiger partial charge in [-0.3, -0.25) is 4.79 Å². The highest BCUT2D eigenvalue weighted by Gasteiger charge is 2.22. The normalized spacial score (nSPS) is 18.3. The quantitative estimate of drug-likeness (QED) is 0.923. The molecule has 0 aromatic heterocycles. The average Bonchev–Trinajstić information content (AvgIpc) is 2.41. The lowest BCUT2D eigenvalue weighted by atomic mass is 10.1. The molecule has 2 rings (SSSR count). The first-order chi connectivity index (χ1) is 9.56. The van der Waals surface area contributed by atoms with E-state index in [4.69, 9.17) is 0 Å². The van der Waals surface area contributed by atoms with E-state index in [9.17, 15) is 13.6 Å². The number of alkyl halides is 2. The van der Waals surface area contributed by atoms with Crippen LogP contribution in [0, 0.1) is 0 Å². The van der Waals surface area contributed by atoms with Crippen LogP contribution in [0.4, 0.5) is 8.78 Å². The summed E-state index contributed by atoms with van der Waals surface area (Å²) in [6, 6.07) is 6.37. The molecule has 4 nitrogen and oxygen atoms in total. The summed E-state index contributed by atoms with van der Waals surface area (Å²) in [6.07, 6.45) is 0.277. The first-order valence-corrected chi connectivity index (χ1v) is 6.60. The zero-order chi connectivity index (χ0) is 14.5. The highest BCUT2D eigenvalue weighted by molar-refractivity contribution is 5.85. The van der Waals surface area contributed by atoms with Gasteiger partial charge >= 0.3 is 6.61 Å². The number of nitrogens with one attached hydrogen (secondary N) is 1. The monoisotopic (exact) mass is 320 g/mol. The van der Waals surface area contributed by atoms with Gasteiger partial charge in [-0.1, -0.05) is 12.1 Å². The summed E-state index contributed by atoms with van der Waals surface area (Å²) in [5.41, 5.74) is 0.794. The van der Waals surface area contributed by atoms with Crippen molar-refractivity contribution in [1.29, 1.82) is 0 Å². The fourth-order valence-electron chi connectivity index (χ4n) is 2.28. The summed E-state index contributed by atoms with van der Waals surface area (Å²) in [5.74, 6) is 0.160. The van der Waals surface area contributed by atoms with Crippen molar-refractivity contribution in [3.63, 3.8) is 0 Å². The Morgan fingerprint density at radius 3 is 2.67 bits per heavy atom. The number of nitrogens with zero attached hydrogens (tertiary/aromatic N) is 1. The van der Waals surface area contributed by atoms with Crippen LogP contribution in [0.2, 0.25) is 0 Å². The highest BCUT2D eigenvalue weighted by atomic mass is 35.5. The fourth-order valence-corrected chi connectivity index (χ4v) is 2.28. The molecule has 1 aliphatic rings. The van der Waals surface area contributed by atoms with Gasteiger partial charge in [0.15, 0.2) is 0 Å². The lowest BCUT2D eigenvalue weighted by Gasteiger charge is -2.34. The van der Waals surface area contributed by atoms with Crippen LogP contribution in [0.3, 0.4) is 0 Å². The van der Waals surface area contributed by atoms with Crippen molar-refractivity contribution in [2.45, 2.75) is 26.0 Å². The second-order valence-corrected chi connectivity index (χ2v) is 4.84. The van der Waals surface area contributed by atoms with Gasteiger partial charge in [-0.2, -0.15) is 8.78 Å². The molecule has 1 fully saturated rings. The molecule has 0 saturated carbocycles. The first-order valence-electron chi connectivity index (χ1n) is 6.60. The summed E-state index contributed by atoms with van der Waals surface area (Å²) in [4.78, 5) is 14.0. The molecule has 0 aliphatic carbocycles. The summed E-state index contributed by atoms with van der Waals surface area (Å²) < 4.78 is 28.3. The van der Waals surface area contributed by atoms with Crippen molar-refractivity contribution in [3.05, 3.63) is 29.8 Å². The predicted octanol–water partition coefficient (Wildman–Crippen LogP) is 2.07. The van der Waals surface area contributed by atoms with Crippen molar-refractivity contribution < 1.29 is 18.3 Å². The lowest BCUT2D eigenvalue weighted by Crippen LogP contribution is -2.52. The smallest absolute Gasteiger partial charge is 0.387 e. The van der Waals surface area contributed by atoms with Crippen LogP contribution in [-0.2, 0) is 11.2 Å². The molecular formula is C14H19ClF2N2O2. The molecule has 7 heteroatoms. The minimum Gasteiger partial charge on any atom is -0.435 e. The van der Waals surface area contributed by atoms with Crippen LogP contribution in [0.5, 0.6) is 5.75 Å². The Morgan fingerprint density at radius 1 is 1.43 bits per heavy atom. The van der Waals surface area contributed by atoms with Gasteiger partial charge in [0.2, 0.25) is 5.91 Å². The molecule has 0 radical (unpaired) electrons. The van der Waals surface area contributed by atoms with Crippen molar-refractivity contribution in [2.75, 3.05) is 19.6 Å². The Balaban J connectivity index is 0.00000220. The number of benzene rings is 1. The molecular weight excluding hydrogens is 302 g/mol. The van der Waals surface area contributed by atoms with Crippen LogP contribution in [0.25, 0.3) is 0 Å². The molecule has 1 aliphatic heterocycles. The number of amides is 1. The van der Waals surface area contributed by atoms with Crippen molar-refractivity contribution >= 4 is 18.3 Å². The predicted molar refractivity (Wildman–Crippen MR) is 78.1 cm³/mol. The molecule has 1 amide bonds. The molecule has 118 valence electrons. The summed E-state index contributed by atoms with van der Waals surface area (Å²) in [6.45, 7) is 1.48. The number of carbonyl (C=O) groups excluding carboxylic acids is 1. The topological polar surface area (TPSA) is 41.6 Å². The number of hydrogen-bond donors (Lipinski definition) is 1. The van der Waals surface area contributed by atoms with E-state index in [-0.39, 0.29) is 36.5 Å². The number of rotatable bonds is 4. The van der Waals surface area contributed by atoms with E-state index in [1.165, 1.54) is 12.1 Å². The van der Waals surface area contributed by atoms with E-state index in [2.05, 4.69) is 10.1 Å². The van der Waals surface area contributed by atoms with Crippen molar-refractivity contribution in [3.8, 4) is 5.75 Å².